The Kier molecular flexibility index (Phi) is 20.1. The summed E-state index contributed by atoms with van der Waals surface area (Å²) in [6.45, 7) is 5.26. The number of carbonyl (C=O) groups is 1. The third-order valence-corrected chi connectivity index (χ3v) is 6.68. The summed E-state index contributed by atoms with van der Waals surface area (Å²) in [5.41, 5.74) is 0. The lowest BCUT2D eigenvalue weighted by Gasteiger charge is -2.28. The third kappa shape index (κ3) is 23.1. The molecule has 9 heteroatoms. The largest absolute Gasteiger partial charge is 0.756 e. The molecule has 0 heterocycles. The van der Waals surface area contributed by atoms with Crippen LogP contribution in [0.25, 0.3) is 0 Å². The molecule has 0 saturated heterocycles. The average molecular weight is 509 g/mol. The fraction of sp³-hybridized carbons (Fsp3) is 0.960. The molecule has 0 saturated carbocycles. The number of quaternary nitrogens is 1. The van der Waals surface area contributed by atoms with Gasteiger partial charge in [-0.15, -0.1) is 0 Å². The number of carbonyl (C=O) groups excluding carboxylic acids is 1. The highest BCUT2D eigenvalue weighted by Gasteiger charge is 2.18. The van der Waals surface area contributed by atoms with E-state index in [1.54, 1.807) is 0 Å². The molecule has 0 aromatic heterocycles. The first-order chi connectivity index (χ1) is 16.1. The minimum absolute atomic E-state index is 0.0391. The number of hydrogen-bond donors (Lipinski definition) is 1. The first-order valence-corrected chi connectivity index (χ1v) is 14.9. The maximum Gasteiger partial charge on any atom is 0.407 e. The van der Waals surface area contributed by atoms with Crippen molar-refractivity contribution in [1.29, 1.82) is 0 Å². The molecule has 0 fully saturated rings. The number of amides is 1. The molecule has 204 valence electrons. The Morgan fingerprint density at radius 3 is 1.88 bits per heavy atom. The maximum absolute atomic E-state index is 12.1. The van der Waals surface area contributed by atoms with Crippen LogP contribution in [0.4, 0.5) is 4.79 Å². The van der Waals surface area contributed by atoms with E-state index in [4.69, 9.17) is 13.8 Å². The lowest BCUT2D eigenvalue weighted by molar-refractivity contribution is -0.870. The van der Waals surface area contributed by atoms with Gasteiger partial charge in [-0.3, -0.25) is 4.57 Å². The standard InChI is InChI=1S/C25H53N2O6P/c1-6-8-9-10-11-12-13-14-15-16-17-18-19-24(22-31-25(28)26-7-2)23-33-34(29,30)32-21-20-27(3,4)5/h24H,6-23H2,1-5H3,(H-,26,28,29,30). The molecule has 0 bridgehead atoms. The average Bonchev–Trinajstić information content (AvgIpc) is 2.75. The molecule has 8 nitrogen and oxygen atoms in total. The van der Waals surface area contributed by atoms with Crippen LogP contribution in [0.5, 0.6) is 0 Å². The van der Waals surface area contributed by atoms with Crippen molar-refractivity contribution in [2.75, 3.05) is 54.1 Å². The molecule has 2 unspecified atom stereocenters. The molecule has 0 aromatic carbocycles. The number of phosphoric ester groups is 1. The van der Waals surface area contributed by atoms with Gasteiger partial charge in [0.15, 0.2) is 0 Å². The second kappa shape index (κ2) is 20.5. The van der Waals surface area contributed by atoms with Crippen molar-refractivity contribution in [1.82, 2.24) is 5.32 Å². The van der Waals surface area contributed by atoms with Crippen LogP contribution in [0.3, 0.4) is 0 Å². The minimum atomic E-state index is -4.38. The van der Waals surface area contributed by atoms with Gasteiger partial charge in [0.2, 0.25) is 0 Å². The normalized spacial score (nSPS) is 14.5. The summed E-state index contributed by atoms with van der Waals surface area (Å²) in [5, 5.41) is 2.59. The van der Waals surface area contributed by atoms with Crippen molar-refractivity contribution in [2.45, 2.75) is 97.3 Å². The van der Waals surface area contributed by atoms with Crippen LogP contribution < -0.4 is 10.2 Å². The molecule has 0 spiro atoms. The van der Waals surface area contributed by atoms with Gasteiger partial charge in [0.1, 0.15) is 13.2 Å². The number of nitrogens with one attached hydrogen (secondary N) is 1. The van der Waals surface area contributed by atoms with E-state index in [-0.39, 0.29) is 25.7 Å². The molecule has 0 radical (unpaired) electrons. The lowest BCUT2D eigenvalue weighted by Crippen LogP contribution is -2.37. The van der Waals surface area contributed by atoms with Gasteiger partial charge in [0, 0.05) is 12.5 Å². The molecule has 1 amide bonds. The number of nitrogens with zero attached hydrogens (tertiary/aromatic N) is 1. The zero-order valence-electron chi connectivity index (χ0n) is 22.6. The highest BCUT2D eigenvalue weighted by Crippen LogP contribution is 2.39. The number of ether oxygens (including phenoxy) is 1. The van der Waals surface area contributed by atoms with Gasteiger partial charge >= 0.3 is 6.09 Å². The van der Waals surface area contributed by atoms with E-state index in [1.165, 1.54) is 64.2 Å². The summed E-state index contributed by atoms with van der Waals surface area (Å²) in [7, 11) is 1.51. The summed E-state index contributed by atoms with van der Waals surface area (Å²) >= 11 is 0. The first kappa shape index (κ1) is 33.3. The molecule has 34 heavy (non-hydrogen) atoms. The molecular weight excluding hydrogens is 455 g/mol. The zero-order chi connectivity index (χ0) is 25.7. The van der Waals surface area contributed by atoms with E-state index in [9.17, 15) is 14.3 Å². The monoisotopic (exact) mass is 508 g/mol. The highest BCUT2D eigenvalue weighted by atomic mass is 31.2. The lowest BCUT2D eigenvalue weighted by atomic mass is 10.0. The van der Waals surface area contributed by atoms with Crippen molar-refractivity contribution < 1.29 is 32.5 Å². The van der Waals surface area contributed by atoms with E-state index in [0.29, 0.717) is 17.6 Å². The number of likely N-dealkylation sites (N-methyl/N-ethyl adjacent to an activating group) is 1. The van der Waals surface area contributed by atoms with E-state index >= 15 is 0 Å². The molecular formula is C25H53N2O6P. The van der Waals surface area contributed by atoms with Gasteiger partial charge in [-0.05, 0) is 13.3 Å². The topological polar surface area (TPSA) is 96.9 Å². The fourth-order valence-corrected chi connectivity index (χ4v) is 4.31. The summed E-state index contributed by atoms with van der Waals surface area (Å²) in [5.74, 6) is -0.185. The van der Waals surface area contributed by atoms with Crippen molar-refractivity contribution in [3.05, 3.63) is 0 Å². The Hall–Kier alpha value is -0.660. The Morgan fingerprint density at radius 2 is 1.38 bits per heavy atom. The molecule has 0 aliphatic rings. The summed E-state index contributed by atoms with van der Waals surface area (Å²) in [6, 6.07) is 0. The Morgan fingerprint density at radius 1 is 0.853 bits per heavy atom. The van der Waals surface area contributed by atoms with Crippen LogP contribution in [-0.2, 0) is 18.3 Å². The predicted molar refractivity (Wildman–Crippen MR) is 137 cm³/mol. The molecule has 1 N–H and O–H groups in total. The van der Waals surface area contributed by atoms with E-state index in [1.807, 2.05) is 28.1 Å². The van der Waals surface area contributed by atoms with Crippen LogP contribution in [0.2, 0.25) is 0 Å². The molecule has 0 aromatic rings. The van der Waals surface area contributed by atoms with Crippen LogP contribution in [0.1, 0.15) is 97.3 Å². The van der Waals surface area contributed by atoms with Crippen molar-refractivity contribution >= 4 is 13.9 Å². The van der Waals surface area contributed by atoms with Gasteiger partial charge in [-0.25, -0.2) is 4.79 Å². The number of phosphoric acid groups is 1. The summed E-state index contributed by atoms with van der Waals surface area (Å²) in [4.78, 5) is 23.7. The van der Waals surface area contributed by atoms with Crippen molar-refractivity contribution in [3.63, 3.8) is 0 Å². The van der Waals surface area contributed by atoms with E-state index in [2.05, 4.69) is 12.2 Å². The number of unbranched alkanes of at least 4 members (excludes halogenated alkanes) is 11. The SMILES string of the molecule is CCCCCCCCCCCCCCC(COC(=O)NCC)COP(=O)([O-])OCC[N+](C)(C)C. The number of hydrogen-bond acceptors (Lipinski definition) is 6. The molecule has 2 atom stereocenters. The van der Waals surface area contributed by atoms with Gasteiger partial charge < -0.3 is 28.5 Å². The second-order valence-corrected chi connectivity index (χ2v) is 11.7. The predicted octanol–water partition coefficient (Wildman–Crippen LogP) is 5.65. The van der Waals surface area contributed by atoms with Crippen LogP contribution >= 0.6 is 7.82 Å². The fourth-order valence-electron chi connectivity index (χ4n) is 3.54. The third-order valence-electron chi connectivity index (χ3n) is 5.72. The maximum atomic E-state index is 12.1. The molecule has 0 aliphatic heterocycles. The van der Waals surface area contributed by atoms with Gasteiger partial charge in [0.05, 0.1) is 34.4 Å². The van der Waals surface area contributed by atoms with Crippen molar-refractivity contribution in [2.24, 2.45) is 5.92 Å². The first-order valence-electron chi connectivity index (χ1n) is 13.4. The van der Waals surface area contributed by atoms with Crippen molar-refractivity contribution in [3.8, 4) is 0 Å². The number of alkyl carbamates (subject to hydrolysis) is 1. The van der Waals surface area contributed by atoms with Crippen LogP contribution in [-0.4, -0.2) is 64.6 Å². The zero-order valence-corrected chi connectivity index (χ0v) is 23.5. The van der Waals surface area contributed by atoms with E-state index in [0.717, 1.165) is 19.3 Å². The van der Waals surface area contributed by atoms with Gasteiger partial charge in [-0.1, -0.05) is 84.0 Å². The van der Waals surface area contributed by atoms with Crippen LogP contribution in [0.15, 0.2) is 0 Å². The molecule has 0 rings (SSSR count). The Balaban J connectivity index is 4.18. The van der Waals surface area contributed by atoms with Gasteiger partial charge in [-0.2, -0.15) is 0 Å². The highest BCUT2D eigenvalue weighted by molar-refractivity contribution is 7.45. The molecule has 0 aliphatic carbocycles. The Bertz CT molecular complexity index is 542. The summed E-state index contributed by atoms with van der Waals surface area (Å²) in [6.07, 6.45) is 15.4. The minimum Gasteiger partial charge on any atom is -0.756 e. The smallest absolute Gasteiger partial charge is 0.407 e. The van der Waals surface area contributed by atoms with Crippen LogP contribution in [0, 0.1) is 5.92 Å². The number of rotatable bonds is 23. The second-order valence-electron chi connectivity index (χ2n) is 10.3. The van der Waals surface area contributed by atoms with E-state index < -0.39 is 13.9 Å². The summed E-state index contributed by atoms with van der Waals surface area (Å²) < 4.78 is 28.0. The van der Waals surface area contributed by atoms with Gasteiger partial charge in [0.25, 0.3) is 7.82 Å². The Labute approximate surface area is 209 Å². The quantitative estimate of drug-likeness (QED) is 0.109.